The molecule has 0 radical (unpaired) electrons. The van der Waals surface area contributed by atoms with Crippen LogP contribution in [-0.4, -0.2) is 30.7 Å². The molecule has 3 aromatic rings. The fourth-order valence-corrected chi connectivity index (χ4v) is 3.33. The second-order valence-electron chi connectivity index (χ2n) is 5.89. The largest absolute Gasteiger partial charge is 0.493 e. The average Bonchev–Trinajstić information content (AvgIpc) is 2.94. The topological polar surface area (TPSA) is 77.4 Å². The van der Waals surface area contributed by atoms with Gasteiger partial charge in [0, 0.05) is 21.5 Å². The highest BCUT2D eigenvalue weighted by Crippen LogP contribution is 2.37. The van der Waals surface area contributed by atoms with Crippen LogP contribution in [0.15, 0.2) is 42.5 Å². The van der Waals surface area contributed by atoms with E-state index in [1.807, 2.05) is 43.3 Å². The van der Waals surface area contributed by atoms with E-state index in [-0.39, 0.29) is 17.4 Å². The highest BCUT2D eigenvalue weighted by atomic mass is 16.6. The standard InChI is InChI=1S/C19H20N2O4/c1-12-19(14-6-4-5-7-16(14)20-12)15(11-21(22)23)13-8-9-17(24-2)18(10-13)25-3/h4-10,15,20H,11H2,1-3H3/t15-/m1/s1. The number of aromatic amines is 1. The number of methoxy groups -OCH3 is 2. The molecule has 0 bridgehead atoms. The van der Waals surface area contributed by atoms with Gasteiger partial charge in [0.05, 0.1) is 20.1 Å². The minimum absolute atomic E-state index is 0.196. The summed E-state index contributed by atoms with van der Waals surface area (Å²) in [5, 5.41) is 12.3. The first kappa shape index (κ1) is 16.8. The van der Waals surface area contributed by atoms with E-state index < -0.39 is 0 Å². The van der Waals surface area contributed by atoms with Crippen LogP contribution in [0.5, 0.6) is 11.5 Å². The fraction of sp³-hybridized carbons (Fsp3) is 0.263. The molecule has 0 aliphatic heterocycles. The molecular formula is C19H20N2O4. The van der Waals surface area contributed by atoms with Crippen molar-refractivity contribution in [2.24, 2.45) is 0 Å². The first-order chi connectivity index (χ1) is 12.0. The Labute approximate surface area is 145 Å². The number of fused-ring (bicyclic) bond motifs is 1. The maximum atomic E-state index is 11.3. The van der Waals surface area contributed by atoms with E-state index >= 15 is 0 Å². The Kier molecular flexibility index (Phi) is 4.61. The van der Waals surface area contributed by atoms with E-state index in [4.69, 9.17) is 9.47 Å². The van der Waals surface area contributed by atoms with Gasteiger partial charge in [-0.3, -0.25) is 10.1 Å². The molecule has 0 saturated heterocycles. The quantitative estimate of drug-likeness (QED) is 0.545. The van der Waals surface area contributed by atoms with Gasteiger partial charge in [0.25, 0.3) is 0 Å². The summed E-state index contributed by atoms with van der Waals surface area (Å²) in [5.41, 5.74) is 3.67. The molecular weight excluding hydrogens is 320 g/mol. The third kappa shape index (κ3) is 3.15. The lowest BCUT2D eigenvalue weighted by Gasteiger charge is -2.17. The van der Waals surface area contributed by atoms with Crippen LogP contribution < -0.4 is 9.47 Å². The summed E-state index contributed by atoms with van der Waals surface area (Å²) in [6, 6.07) is 13.3. The number of nitro groups is 1. The van der Waals surface area contributed by atoms with Crippen molar-refractivity contribution in [2.75, 3.05) is 20.8 Å². The van der Waals surface area contributed by atoms with Crippen LogP contribution in [0.2, 0.25) is 0 Å². The molecule has 0 fully saturated rings. The number of nitrogens with zero attached hydrogens (tertiary/aromatic N) is 1. The molecule has 3 rings (SSSR count). The zero-order valence-corrected chi connectivity index (χ0v) is 14.4. The van der Waals surface area contributed by atoms with Crippen LogP contribution in [0.1, 0.15) is 22.7 Å². The van der Waals surface area contributed by atoms with Gasteiger partial charge < -0.3 is 14.5 Å². The van der Waals surface area contributed by atoms with Crippen LogP contribution in [-0.2, 0) is 0 Å². The summed E-state index contributed by atoms with van der Waals surface area (Å²) in [6.07, 6.45) is 0. The van der Waals surface area contributed by atoms with E-state index in [0.29, 0.717) is 11.5 Å². The summed E-state index contributed by atoms with van der Waals surface area (Å²) in [7, 11) is 3.12. The number of rotatable bonds is 6. The average molecular weight is 340 g/mol. The lowest BCUT2D eigenvalue weighted by atomic mass is 9.89. The Bertz CT molecular complexity index is 917. The lowest BCUT2D eigenvalue weighted by Crippen LogP contribution is -2.15. The first-order valence-electron chi connectivity index (χ1n) is 7.96. The van der Waals surface area contributed by atoms with Gasteiger partial charge in [-0.15, -0.1) is 0 Å². The van der Waals surface area contributed by atoms with E-state index in [1.54, 1.807) is 20.3 Å². The molecule has 1 atom stereocenters. The molecule has 2 aromatic carbocycles. The summed E-state index contributed by atoms with van der Waals surface area (Å²) >= 11 is 0. The third-order valence-corrected chi connectivity index (χ3v) is 4.43. The predicted octanol–water partition coefficient (Wildman–Crippen LogP) is 3.90. The van der Waals surface area contributed by atoms with Crippen molar-refractivity contribution in [2.45, 2.75) is 12.8 Å². The monoisotopic (exact) mass is 340 g/mol. The normalized spacial score (nSPS) is 12.1. The van der Waals surface area contributed by atoms with E-state index in [9.17, 15) is 10.1 Å². The Morgan fingerprint density at radius 3 is 2.52 bits per heavy atom. The zero-order chi connectivity index (χ0) is 18.0. The minimum Gasteiger partial charge on any atom is -0.493 e. The number of benzene rings is 2. The number of nitrogens with one attached hydrogen (secondary N) is 1. The Morgan fingerprint density at radius 2 is 1.84 bits per heavy atom. The lowest BCUT2D eigenvalue weighted by molar-refractivity contribution is -0.481. The Morgan fingerprint density at radius 1 is 1.12 bits per heavy atom. The molecule has 1 N–H and O–H groups in total. The first-order valence-corrected chi connectivity index (χ1v) is 7.96. The molecule has 0 saturated carbocycles. The second kappa shape index (κ2) is 6.84. The van der Waals surface area contributed by atoms with Crippen molar-refractivity contribution >= 4 is 10.9 Å². The van der Waals surface area contributed by atoms with Gasteiger partial charge in [0.2, 0.25) is 6.54 Å². The molecule has 0 aliphatic carbocycles. The SMILES string of the molecule is COc1ccc([C@@H](C[N+](=O)[O-])c2c(C)[nH]c3ccccc23)cc1OC. The third-order valence-electron chi connectivity index (χ3n) is 4.43. The van der Waals surface area contributed by atoms with Crippen molar-refractivity contribution in [1.29, 1.82) is 0 Å². The molecule has 1 aromatic heterocycles. The molecule has 6 heteroatoms. The minimum atomic E-state index is -0.383. The molecule has 0 spiro atoms. The number of hydrogen-bond donors (Lipinski definition) is 1. The number of para-hydroxylation sites is 1. The summed E-state index contributed by atoms with van der Waals surface area (Å²) < 4.78 is 10.6. The van der Waals surface area contributed by atoms with Crippen LogP contribution in [0.25, 0.3) is 10.9 Å². The van der Waals surface area contributed by atoms with Crippen LogP contribution >= 0.6 is 0 Å². The van der Waals surface area contributed by atoms with E-state index in [0.717, 1.165) is 27.7 Å². The molecule has 25 heavy (non-hydrogen) atoms. The molecule has 0 unspecified atom stereocenters. The van der Waals surface area contributed by atoms with Gasteiger partial charge in [-0.2, -0.15) is 0 Å². The number of H-pyrrole nitrogens is 1. The van der Waals surface area contributed by atoms with Crippen molar-refractivity contribution in [3.63, 3.8) is 0 Å². The van der Waals surface area contributed by atoms with Gasteiger partial charge in [0.1, 0.15) is 0 Å². The summed E-state index contributed by atoms with van der Waals surface area (Å²) in [5.74, 6) is 0.776. The van der Waals surface area contributed by atoms with Gasteiger partial charge >= 0.3 is 0 Å². The summed E-state index contributed by atoms with van der Waals surface area (Å²) in [6.45, 7) is 1.75. The predicted molar refractivity (Wildman–Crippen MR) is 96.3 cm³/mol. The van der Waals surface area contributed by atoms with Gasteiger partial charge in [-0.25, -0.2) is 0 Å². The molecule has 0 amide bonds. The smallest absolute Gasteiger partial charge is 0.214 e. The fourth-order valence-electron chi connectivity index (χ4n) is 3.33. The van der Waals surface area contributed by atoms with Crippen LogP contribution in [0.3, 0.4) is 0 Å². The highest BCUT2D eigenvalue weighted by molar-refractivity contribution is 5.85. The van der Waals surface area contributed by atoms with Gasteiger partial charge in [-0.05, 0) is 36.2 Å². The molecule has 1 heterocycles. The van der Waals surface area contributed by atoms with E-state index in [1.165, 1.54) is 0 Å². The van der Waals surface area contributed by atoms with Crippen molar-refractivity contribution in [1.82, 2.24) is 4.98 Å². The Hall–Kier alpha value is -3.02. The highest BCUT2D eigenvalue weighted by Gasteiger charge is 2.26. The Balaban J connectivity index is 2.18. The van der Waals surface area contributed by atoms with Crippen LogP contribution in [0, 0.1) is 17.0 Å². The van der Waals surface area contributed by atoms with Crippen LogP contribution in [0.4, 0.5) is 0 Å². The van der Waals surface area contributed by atoms with Crippen molar-refractivity contribution in [3.8, 4) is 11.5 Å². The number of ether oxygens (including phenoxy) is 2. The maximum absolute atomic E-state index is 11.3. The number of aromatic nitrogens is 1. The summed E-state index contributed by atoms with van der Waals surface area (Å²) in [4.78, 5) is 14.4. The van der Waals surface area contributed by atoms with Gasteiger partial charge in [0.15, 0.2) is 11.5 Å². The zero-order valence-electron chi connectivity index (χ0n) is 14.4. The van der Waals surface area contributed by atoms with Crippen molar-refractivity contribution in [3.05, 3.63) is 69.4 Å². The molecule has 6 nitrogen and oxygen atoms in total. The van der Waals surface area contributed by atoms with Gasteiger partial charge in [-0.1, -0.05) is 24.3 Å². The molecule has 130 valence electrons. The number of aryl methyl sites for hydroxylation is 1. The molecule has 0 aliphatic rings. The number of hydrogen-bond acceptors (Lipinski definition) is 4. The van der Waals surface area contributed by atoms with Crippen molar-refractivity contribution < 1.29 is 14.4 Å². The second-order valence-corrected chi connectivity index (χ2v) is 5.89. The maximum Gasteiger partial charge on any atom is 0.214 e. The van der Waals surface area contributed by atoms with E-state index in [2.05, 4.69) is 4.98 Å².